The Morgan fingerprint density at radius 2 is 1.86 bits per heavy atom. The number of fused-ring (bicyclic) bond motifs is 1. The lowest BCUT2D eigenvalue weighted by Gasteiger charge is -2.17. The Bertz CT molecular complexity index is 169. The SMILES string of the molecule is CC[C@H]1C[C@@H]2CN(CCOC)C[C@@H]2C1. The molecule has 1 heterocycles. The number of likely N-dealkylation sites (tertiary alicyclic amines) is 1. The first-order valence-corrected chi connectivity index (χ1v) is 6.04. The molecule has 2 nitrogen and oxygen atoms in total. The lowest BCUT2D eigenvalue weighted by Crippen LogP contribution is -2.26. The third kappa shape index (κ3) is 2.12. The minimum Gasteiger partial charge on any atom is -0.383 e. The van der Waals surface area contributed by atoms with Gasteiger partial charge in [0.05, 0.1) is 6.61 Å². The van der Waals surface area contributed by atoms with Crippen LogP contribution in [0.1, 0.15) is 26.2 Å². The van der Waals surface area contributed by atoms with Crippen molar-refractivity contribution in [1.82, 2.24) is 4.90 Å². The summed E-state index contributed by atoms with van der Waals surface area (Å²) in [6.07, 6.45) is 4.38. The maximum absolute atomic E-state index is 5.13. The standard InChI is InChI=1S/C12H23NO/c1-3-10-6-11-8-13(4-5-14-2)9-12(11)7-10/h10-12H,3-9H2,1-2H3/t10-,11+,12-. The van der Waals surface area contributed by atoms with Gasteiger partial charge in [0.25, 0.3) is 0 Å². The predicted molar refractivity (Wildman–Crippen MR) is 58.3 cm³/mol. The van der Waals surface area contributed by atoms with Crippen LogP contribution in [0.15, 0.2) is 0 Å². The van der Waals surface area contributed by atoms with E-state index in [0.29, 0.717) is 0 Å². The van der Waals surface area contributed by atoms with Crippen LogP contribution in [0.3, 0.4) is 0 Å². The van der Waals surface area contributed by atoms with Gasteiger partial charge in [-0.05, 0) is 30.6 Å². The minimum absolute atomic E-state index is 0.899. The fourth-order valence-electron chi connectivity index (χ4n) is 3.26. The fraction of sp³-hybridized carbons (Fsp3) is 1.00. The van der Waals surface area contributed by atoms with Crippen LogP contribution in [0.2, 0.25) is 0 Å². The van der Waals surface area contributed by atoms with Crippen molar-refractivity contribution in [2.75, 3.05) is 33.4 Å². The van der Waals surface area contributed by atoms with Crippen molar-refractivity contribution < 1.29 is 4.74 Å². The van der Waals surface area contributed by atoms with Crippen molar-refractivity contribution in [2.45, 2.75) is 26.2 Å². The quantitative estimate of drug-likeness (QED) is 0.683. The third-order valence-electron chi connectivity index (χ3n) is 4.11. The van der Waals surface area contributed by atoms with Gasteiger partial charge in [-0.25, -0.2) is 0 Å². The van der Waals surface area contributed by atoms with Crippen molar-refractivity contribution in [3.63, 3.8) is 0 Å². The monoisotopic (exact) mass is 197 g/mol. The summed E-state index contributed by atoms with van der Waals surface area (Å²) in [6, 6.07) is 0. The van der Waals surface area contributed by atoms with Crippen LogP contribution in [0, 0.1) is 17.8 Å². The molecule has 1 aliphatic carbocycles. The molecule has 1 saturated carbocycles. The average molecular weight is 197 g/mol. The lowest BCUT2D eigenvalue weighted by molar-refractivity contribution is 0.155. The van der Waals surface area contributed by atoms with Crippen LogP contribution in [0.5, 0.6) is 0 Å². The summed E-state index contributed by atoms with van der Waals surface area (Å²) in [7, 11) is 1.80. The Morgan fingerprint density at radius 1 is 1.21 bits per heavy atom. The van der Waals surface area contributed by atoms with Crippen LogP contribution in [-0.4, -0.2) is 38.3 Å². The molecule has 2 heteroatoms. The maximum atomic E-state index is 5.13. The van der Waals surface area contributed by atoms with Gasteiger partial charge in [-0.15, -0.1) is 0 Å². The van der Waals surface area contributed by atoms with Crippen LogP contribution < -0.4 is 0 Å². The van der Waals surface area contributed by atoms with Gasteiger partial charge in [-0.2, -0.15) is 0 Å². The minimum atomic E-state index is 0.899. The Balaban J connectivity index is 1.76. The van der Waals surface area contributed by atoms with E-state index in [1.807, 2.05) is 0 Å². The molecule has 3 atom stereocenters. The highest BCUT2D eigenvalue weighted by atomic mass is 16.5. The second-order valence-electron chi connectivity index (χ2n) is 5.02. The molecule has 0 spiro atoms. The lowest BCUT2D eigenvalue weighted by atomic mass is 10.0. The zero-order chi connectivity index (χ0) is 9.97. The molecule has 1 aliphatic heterocycles. The molecule has 1 saturated heterocycles. The highest BCUT2D eigenvalue weighted by Crippen LogP contribution is 2.42. The van der Waals surface area contributed by atoms with E-state index in [1.165, 1.54) is 32.4 Å². The first-order valence-electron chi connectivity index (χ1n) is 6.04. The van der Waals surface area contributed by atoms with Crippen LogP contribution in [0.25, 0.3) is 0 Å². The molecule has 0 bridgehead atoms. The Morgan fingerprint density at radius 3 is 2.36 bits per heavy atom. The zero-order valence-electron chi connectivity index (χ0n) is 9.54. The van der Waals surface area contributed by atoms with Gasteiger partial charge in [0.15, 0.2) is 0 Å². The summed E-state index contributed by atoms with van der Waals surface area (Å²) in [6.45, 7) is 7.06. The van der Waals surface area contributed by atoms with Crippen molar-refractivity contribution in [2.24, 2.45) is 17.8 Å². The van der Waals surface area contributed by atoms with Crippen molar-refractivity contribution >= 4 is 0 Å². The highest BCUT2D eigenvalue weighted by Gasteiger charge is 2.39. The molecule has 2 fully saturated rings. The van der Waals surface area contributed by atoms with Gasteiger partial charge < -0.3 is 9.64 Å². The van der Waals surface area contributed by atoms with Crippen molar-refractivity contribution in [3.05, 3.63) is 0 Å². The molecule has 0 aromatic rings. The molecule has 2 aliphatic rings. The molecule has 14 heavy (non-hydrogen) atoms. The first-order chi connectivity index (χ1) is 6.83. The summed E-state index contributed by atoms with van der Waals surface area (Å²) in [5, 5.41) is 0. The summed E-state index contributed by atoms with van der Waals surface area (Å²) >= 11 is 0. The summed E-state index contributed by atoms with van der Waals surface area (Å²) in [5.41, 5.74) is 0. The molecule has 0 radical (unpaired) electrons. The average Bonchev–Trinajstić information content (AvgIpc) is 2.71. The van der Waals surface area contributed by atoms with E-state index < -0.39 is 0 Å². The van der Waals surface area contributed by atoms with Gasteiger partial charge in [-0.1, -0.05) is 13.3 Å². The number of nitrogens with zero attached hydrogens (tertiary/aromatic N) is 1. The van der Waals surface area contributed by atoms with Gasteiger partial charge in [0, 0.05) is 26.7 Å². The van der Waals surface area contributed by atoms with Crippen LogP contribution >= 0.6 is 0 Å². The Kier molecular flexibility index (Phi) is 3.45. The second-order valence-corrected chi connectivity index (χ2v) is 5.02. The third-order valence-corrected chi connectivity index (χ3v) is 4.11. The molecule has 82 valence electrons. The van der Waals surface area contributed by atoms with Gasteiger partial charge in [0.2, 0.25) is 0 Å². The predicted octanol–water partition coefficient (Wildman–Crippen LogP) is 2.00. The smallest absolute Gasteiger partial charge is 0.0589 e. The summed E-state index contributed by atoms with van der Waals surface area (Å²) in [5.74, 6) is 3.06. The van der Waals surface area contributed by atoms with Crippen molar-refractivity contribution in [1.29, 1.82) is 0 Å². The molecular formula is C12H23NO. The molecule has 0 aromatic heterocycles. The first kappa shape index (κ1) is 10.4. The Hall–Kier alpha value is -0.0800. The van der Waals surface area contributed by atoms with E-state index in [1.54, 1.807) is 7.11 Å². The molecule has 0 unspecified atom stereocenters. The molecule has 0 amide bonds. The number of hydrogen-bond donors (Lipinski definition) is 0. The number of rotatable bonds is 4. The number of hydrogen-bond acceptors (Lipinski definition) is 2. The van der Waals surface area contributed by atoms with E-state index in [2.05, 4.69) is 11.8 Å². The van der Waals surface area contributed by atoms with E-state index in [-0.39, 0.29) is 0 Å². The van der Waals surface area contributed by atoms with Crippen molar-refractivity contribution in [3.8, 4) is 0 Å². The van der Waals surface area contributed by atoms with E-state index in [9.17, 15) is 0 Å². The molecule has 0 N–H and O–H groups in total. The molecular weight excluding hydrogens is 174 g/mol. The van der Waals surface area contributed by atoms with Gasteiger partial charge >= 0.3 is 0 Å². The summed E-state index contributed by atoms with van der Waals surface area (Å²) in [4.78, 5) is 2.59. The fourth-order valence-corrected chi connectivity index (χ4v) is 3.26. The topological polar surface area (TPSA) is 12.5 Å². The van der Waals surface area contributed by atoms with Gasteiger partial charge in [-0.3, -0.25) is 0 Å². The second kappa shape index (κ2) is 4.63. The molecule has 2 rings (SSSR count). The number of methoxy groups -OCH3 is 1. The number of ether oxygens (including phenoxy) is 1. The van der Waals surface area contributed by atoms with Crippen LogP contribution in [0.4, 0.5) is 0 Å². The Labute approximate surface area is 87.6 Å². The molecule has 0 aromatic carbocycles. The normalized spacial score (nSPS) is 37.7. The highest BCUT2D eigenvalue weighted by molar-refractivity contribution is 4.91. The maximum Gasteiger partial charge on any atom is 0.0589 e. The van der Waals surface area contributed by atoms with Gasteiger partial charge in [0.1, 0.15) is 0 Å². The largest absolute Gasteiger partial charge is 0.383 e. The van der Waals surface area contributed by atoms with E-state index in [0.717, 1.165) is 30.9 Å². The zero-order valence-corrected chi connectivity index (χ0v) is 9.54. The van der Waals surface area contributed by atoms with E-state index in [4.69, 9.17) is 4.74 Å². The van der Waals surface area contributed by atoms with Crippen LogP contribution in [-0.2, 0) is 4.74 Å². The summed E-state index contributed by atoms with van der Waals surface area (Å²) < 4.78 is 5.13. The van der Waals surface area contributed by atoms with E-state index >= 15 is 0 Å².